The number of amides is 1. The molecule has 0 saturated carbocycles. The van der Waals surface area contributed by atoms with Crippen molar-refractivity contribution in [3.8, 4) is 0 Å². The maximum absolute atomic E-state index is 11.9. The fourth-order valence-electron chi connectivity index (χ4n) is 1.58. The highest BCUT2D eigenvalue weighted by Gasteiger charge is 2.14. The minimum absolute atomic E-state index is 0.193. The van der Waals surface area contributed by atoms with Gasteiger partial charge in [-0.25, -0.2) is 10.8 Å². The Labute approximate surface area is 112 Å². The molecule has 18 heavy (non-hydrogen) atoms. The number of aromatic nitrogens is 1. The van der Waals surface area contributed by atoms with Gasteiger partial charge >= 0.3 is 0 Å². The van der Waals surface area contributed by atoms with Gasteiger partial charge < -0.3 is 10.7 Å². The lowest BCUT2D eigenvalue weighted by Crippen LogP contribution is -2.30. The molecule has 1 amide bonds. The third-order valence-electron chi connectivity index (χ3n) is 2.91. The maximum Gasteiger partial charge on any atom is 0.271 e. The van der Waals surface area contributed by atoms with Crippen LogP contribution in [-0.4, -0.2) is 17.4 Å². The first-order chi connectivity index (χ1) is 8.62. The van der Waals surface area contributed by atoms with Crippen molar-refractivity contribution in [2.24, 2.45) is 11.8 Å². The van der Waals surface area contributed by atoms with Gasteiger partial charge in [0.25, 0.3) is 5.91 Å². The van der Waals surface area contributed by atoms with E-state index in [2.05, 4.69) is 29.6 Å². The summed E-state index contributed by atoms with van der Waals surface area (Å²) in [5.41, 5.74) is 2.58. The zero-order valence-electron chi connectivity index (χ0n) is 10.7. The van der Waals surface area contributed by atoms with E-state index in [0.29, 0.717) is 23.3 Å². The third kappa shape index (κ3) is 3.85. The number of anilines is 1. The minimum Gasteiger partial charge on any atom is -0.350 e. The number of rotatable bonds is 6. The van der Waals surface area contributed by atoms with Crippen LogP contribution in [-0.2, 0) is 0 Å². The van der Waals surface area contributed by atoms with E-state index in [1.165, 1.54) is 0 Å². The van der Waals surface area contributed by atoms with Crippen LogP contribution in [0.15, 0.2) is 12.1 Å². The molecule has 1 aromatic rings. The molecule has 0 aliphatic rings. The predicted octanol–water partition coefficient (Wildman–Crippen LogP) is 2.19. The van der Waals surface area contributed by atoms with E-state index in [0.717, 1.165) is 12.8 Å². The summed E-state index contributed by atoms with van der Waals surface area (Å²) in [4.78, 5) is 16.0. The van der Waals surface area contributed by atoms with Crippen LogP contribution in [0.4, 0.5) is 5.82 Å². The molecule has 100 valence electrons. The van der Waals surface area contributed by atoms with Crippen LogP contribution in [0.2, 0.25) is 5.02 Å². The number of carbonyl (C=O) groups excluding carboxylic acids is 1. The third-order valence-corrected chi connectivity index (χ3v) is 3.22. The van der Waals surface area contributed by atoms with Gasteiger partial charge in [-0.1, -0.05) is 38.3 Å². The summed E-state index contributed by atoms with van der Waals surface area (Å²) in [5.74, 6) is 5.86. The van der Waals surface area contributed by atoms with Gasteiger partial charge in [-0.2, -0.15) is 0 Å². The summed E-state index contributed by atoms with van der Waals surface area (Å²) in [7, 11) is 0. The van der Waals surface area contributed by atoms with Gasteiger partial charge in [0.15, 0.2) is 0 Å². The van der Waals surface area contributed by atoms with Crippen molar-refractivity contribution >= 4 is 23.3 Å². The van der Waals surface area contributed by atoms with Gasteiger partial charge in [0.1, 0.15) is 11.5 Å². The molecule has 1 heterocycles. The van der Waals surface area contributed by atoms with Gasteiger partial charge in [-0.05, 0) is 18.1 Å². The summed E-state index contributed by atoms with van der Waals surface area (Å²) < 4.78 is 0. The summed E-state index contributed by atoms with van der Waals surface area (Å²) in [6, 6.07) is 3.20. The van der Waals surface area contributed by atoms with Gasteiger partial charge in [0.2, 0.25) is 0 Å². The van der Waals surface area contributed by atoms with E-state index >= 15 is 0 Å². The first kappa shape index (κ1) is 14.7. The van der Waals surface area contributed by atoms with Gasteiger partial charge in [0, 0.05) is 6.54 Å². The van der Waals surface area contributed by atoms with Crippen molar-refractivity contribution < 1.29 is 4.79 Å². The quantitative estimate of drug-likeness (QED) is 0.547. The fourth-order valence-corrected chi connectivity index (χ4v) is 1.77. The van der Waals surface area contributed by atoms with E-state index in [-0.39, 0.29) is 11.6 Å². The lowest BCUT2D eigenvalue weighted by atomic mass is 10.0. The van der Waals surface area contributed by atoms with Crippen LogP contribution in [0.5, 0.6) is 0 Å². The van der Waals surface area contributed by atoms with Crippen molar-refractivity contribution in [1.29, 1.82) is 0 Å². The molecule has 0 saturated heterocycles. The Bertz CT molecular complexity index is 407. The van der Waals surface area contributed by atoms with Crippen molar-refractivity contribution in [2.75, 3.05) is 12.0 Å². The summed E-state index contributed by atoms with van der Waals surface area (Å²) >= 11 is 5.94. The van der Waals surface area contributed by atoms with Crippen molar-refractivity contribution in [3.63, 3.8) is 0 Å². The summed E-state index contributed by atoms with van der Waals surface area (Å²) in [5, 5.41) is 3.15. The molecule has 1 rings (SSSR count). The Balaban J connectivity index is 2.71. The number of hydrazine groups is 1. The second-order valence-electron chi connectivity index (χ2n) is 4.06. The molecule has 1 aromatic heterocycles. The van der Waals surface area contributed by atoms with Crippen LogP contribution in [0.1, 0.15) is 37.2 Å². The van der Waals surface area contributed by atoms with Crippen LogP contribution >= 0.6 is 11.6 Å². The Hall–Kier alpha value is -1.33. The number of hydrogen-bond donors (Lipinski definition) is 3. The van der Waals surface area contributed by atoms with Gasteiger partial charge in [0.05, 0.1) is 5.02 Å². The standard InChI is InChI=1S/C12H19ClN4O/c1-3-8(4-2)7-15-12(18)11-9(13)5-6-10(16-11)17-14/h5-6,8H,3-4,7,14H2,1-2H3,(H,15,18)(H,16,17). The number of nitrogen functional groups attached to an aromatic ring is 1. The fraction of sp³-hybridized carbons (Fsp3) is 0.500. The van der Waals surface area contributed by atoms with Crippen molar-refractivity contribution in [2.45, 2.75) is 26.7 Å². The number of nitrogens with one attached hydrogen (secondary N) is 2. The number of carbonyl (C=O) groups is 1. The molecule has 4 N–H and O–H groups in total. The minimum atomic E-state index is -0.274. The molecule has 0 radical (unpaired) electrons. The Morgan fingerprint density at radius 3 is 2.67 bits per heavy atom. The molecule has 0 spiro atoms. The van der Waals surface area contributed by atoms with E-state index in [4.69, 9.17) is 17.4 Å². The monoisotopic (exact) mass is 270 g/mol. The van der Waals surface area contributed by atoms with Gasteiger partial charge in [-0.3, -0.25) is 4.79 Å². The average molecular weight is 271 g/mol. The van der Waals surface area contributed by atoms with E-state index in [1.54, 1.807) is 12.1 Å². The SMILES string of the molecule is CCC(CC)CNC(=O)c1nc(NN)ccc1Cl. The number of nitrogens with zero attached hydrogens (tertiary/aromatic N) is 1. The second kappa shape index (κ2) is 7.18. The Morgan fingerprint density at radius 1 is 1.44 bits per heavy atom. The molecular weight excluding hydrogens is 252 g/mol. The predicted molar refractivity (Wildman–Crippen MR) is 73.5 cm³/mol. The highest BCUT2D eigenvalue weighted by molar-refractivity contribution is 6.33. The lowest BCUT2D eigenvalue weighted by Gasteiger charge is -2.13. The Morgan fingerprint density at radius 2 is 2.11 bits per heavy atom. The topological polar surface area (TPSA) is 80.0 Å². The highest BCUT2D eigenvalue weighted by Crippen LogP contribution is 2.16. The van der Waals surface area contributed by atoms with Crippen LogP contribution in [0, 0.1) is 5.92 Å². The number of pyridine rings is 1. The smallest absolute Gasteiger partial charge is 0.271 e. The first-order valence-corrected chi connectivity index (χ1v) is 6.41. The molecule has 0 bridgehead atoms. The van der Waals surface area contributed by atoms with Crippen molar-refractivity contribution in [1.82, 2.24) is 10.3 Å². The number of halogens is 1. The summed E-state index contributed by atoms with van der Waals surface area (Å²) in [6.45, 7) is 4.83. The van der Waals surface area contributed by atoms with Crippen LogP contribution in [0.3, 0.4) is 0 Å². The molecular formula is C12H19ClN4O. The zero-order valence-corrected chi connectivity index (χ0v) is 11.4. The van der Waals surface area contributed by atoms with E-state index in [1.807, 2.05) is 0 Å². The number of nitrogens with two attached hydrogens (primary N) is 1. The number of hydrogen-bond acceptors (Lipinski definition) is 4. The van der Waals surface area contributed by atoms with E-state index in [9.17, 15) is 4.79 Å². The van der Waals surface area contributed by atoms with Gasteiger partial charge in [-0.15, -0.1) is 0 Å². The second-order valence-corrected chi connectivity index (χ2v) is 4.47. The zero-order chi connectivity index (χ0) is 13.5. The molecule has 0 aliphatic heterocycles. The molecule has 0 aromatic carbocycles. The first-order valence-electron chi connectivity index (χ1n) is 6.03. The molecule has 0 aliphatic carbocycles. The highest BCUT2D eigenvalue weighted by atomic mass is 35.5. The molecule has 0 unspecified atom stereocenters. The largest absolute Gasteiger partial charge is 0.350 e. The lowest BCUT2D eigenvalue weighted by molar-refractivity contribution is 0.0941. The van der Waals surface area contributed by atoms with Crippen LogP contribution in [0.25, 0.3) is 0 Å². The van der Waals surface area contributed by atoms with Crippen LogP contribution < -0.4 is 16.6 Å². The molecule has 5 nitrogen and oxygen atoms in total. The summed E-state index contributed by atoms with van der Waals surface area (Å²) in [6.07, 6.45) is 2.06. The Kier molecular flexibility index (Phi) is 5.88. The molecule has 0 fully saturated rings. The van der Waals surface area contributed by atoms with Crippen molar-refractivity contribution in [3.05, 3.63) is 22.8 Å². The average Bonchev–Trinajstić information content (AvgIpc) is 2.40. The molecule has 6 heteroatoms. The normalized spacial score (nSPS) is 10.5. The van der Waals surface area contributed by atoms with E-state index < -0.39 is 0 Å². The molecule has 0 atom stereocenters. The maximum atomic E-state index is 11.9.